The lowest BCUT2D eigenvalue weighted by Gasteiger charge is -2.11. The molecule has 0 bridgehead atoms. The number of aliphatic imine (C=N–C) groups is 1. The van der Waals surface area contributed by atoms with Crippen LogP contribution >= 0.6 is 24.0 Å². The van der Waals surface area contributed by atoms with Gasteiger partial charge in [0, 0.05) is 19.7 Å². The van der Waals surface area contributed by atoms with Gasteiger partial charge in [-0.25, -0.2) is 4.39 Å². The third-order valence-electron chi connectivity index (χ3n) is 2.83. The number of aromatic nitrogens is 1. The van der Waals surface area contributed by atoms with E-state index in [9.17, 15) is 4.39 Å². The molecule has 0 aliphatic rings. The van der Waals surface area contributed by atoms with Gasteiger partial charge in [0.15, 0.2) is 5.96 Å². The minimum atomic E-state index is -0.192. The second kappa shape index (κ2) is 8.60. The third kappa shape index (κ3) is 5.33. The van der Waals surface area contributed by atoms with Gasteiger partial charge in [0.25, 0.3) is 0 Å². The van der Waals surface area contributed by atoms with Crippen molar-refractivity contribution in [2.75, 3.05) is 7.05 Å². The van der Waals surface area contributed by atoms with Crippen LogP contribution in [0.2, 0.25) is 0 Å². The number of aryl methyl sites for hydroxylation is 1. The Morgan fingerprint density at radius 1 is 1.29 bits per heavy atom. The number of rotatable bonds is 4. The Bertz CT molecular complexity index is 587. The van der Waals surface area contributed by atoms with Gasteiger partial charge in [-0.3, -0.25) is 4.99 Å². The van der Waals surface area contributed by atoms with E-state index in [0.717, 1.165) is 11.3 Å². The van der Waals surface area contributed by atoms with Crippen molar-refractivity contribution in [3.05, 3.63) is 53.2 Å². The molecule has 0 fully saturated rings. The predicted octanol–water partition coefficient (Wildman–Crippen LogP) is 2.61. The summed E-state index contributed by atoms with van der Waals surface area (Å²) in [7, 11) is 1.69. The Hall–Kier alpha value is -1.64. The SMILES string of the molecule is CN=C(NCc1ccc(F)c(C)c1)NCc1ccon1.I. The fourth-order valence-corrected chi connectivity index (χ4v) is 1.73. The van der Waals surface area contributed by atoms with Crippen molar-refractivity contribution in [3.8, 4) is 0 Å². The van der Waals surface area contributed by atoms with Gasteiger partial charge in [-0.05, 0) is 24.1 Å². The van der Waals surface area contributed by atoms with Crippen molar-refractivity contribution in [1.29, 1.82) is 0 Å². The Balaban J connectivity index is 0.00000220. The molecule has 21 heavy (non-hydrogen) atoms. The van der Waals surface area contributed by atoms with Gasteiger partial charge in [0.2, 0.25) is 0 Å². The van der Waals surface area contributed by atoms with E-state index in [4.69, 9.17) is 4.52 Å². The van der Waals surface area contributed by atoms with Gasteiger partial charge >= 0.3 is 0 Å². The van der Waals surface area contributed by atoms with Crippen LogP contribution in [0.25, 0.3) is 0 Å². The summed E-state index contributed by atoms with van der Waals surface area (Å²) in [4.78, 5) is 4.10. The normalized spacial score (nSPS) is 10.9. The standard InChI is InChI=1S/C14H17FN4O.HI/c1-10-7-11(3-4-13(10)15)8-17-14(16-2)18-9-12-5-6-20-19-12;/h3-7H,8-9H2,1-2H3,(H2,16,17,18);1H. The molecule has 2 N–H and O–H groups in total. The van der Waals surface area contributed by atoms with Crippen LogP contribution in [0.3, 0.4) is 0 Å². The zero-order valence-corrected chi connectivity index (χ0v) is 14.2. The molecular formula is C14H18FIN4O. The van der Waals surface area contributed by atoms with E-state index in [-0.39, 0.29) is 29.8 Å². The summed E-state index contributed by atoms with van der Waals surface area (Å²) < 4.78 is 17.9. The van der Waals surface area contributed by atoms with Crippen molar-refractivity contribution in [1.82, 2.24) is 15.8 Å². The van der Waals surface area contributed by atoms with E-state index >= 15 is 0 Å². The van der Waals surface area contributed by atoms with E-state index in [2.05, 4.69) is 20.8 Å². The average molecular weight is 404 g/mol. The fourth-order valence-electron chi connectivity index (χ4n) is 1.73. The van der Waals surface area contributed by atoms with Crippen LogP contribution in [-0.4, -0.2) is 18.2 Å². The van der Waals surface area contributed by atoms with Crippen molar-refractivity contribution < 1.29 is 8.91 Å². The summed E-state index contributed by atoms with van der Waals surface area (Å²) in [6.07, 6.45) is 1.52. The first-order chi connectivity index (χ1) is 9.69. The molecule has 0 amide bonds. The van der Waals surface area contributed by atoms with Gasteiger partial charge in [-0.15, -0.1) is 24.0 Å². The lowest BCUT2D eigenvalue weighted by Crippen LogP contribution is -2.36. The second-order valence-electron chi connectivity index (χ2n) is 4.35. The highest BCUT2D eigenvalue weighted by Gasteiger charge is 2.02. The topological polar surface area (TPSA) is 62.5 Å². The van der Waals surface area contributed by atoms with Gasteiger partial charge in [-0.2, -0.15) is 0 Å². The first kappa shape index (κ1) is 17.4. The number of halogens is 2. The summed E-state index contributed by atoms with van der Waals surface area (Å²) >= 11 is 0. The van der Waals surface area contributed by atoms with Gasteiger partial charge in [0.05, 0.1) is 6.54 Å². The Labute approximate surface area is 140 Å². The van der Waals surface area contributed by atoms with E-state index in [1.165, 1.54) is 12.3 Å². The molecule has 2 rings (SSSR count). The molecule has 1 aromatic heterocycles. The molecule has 0 spiro atoms. The molecular weight excluding hydrogens is 386 g/mol. The number of hydrogen-bond donors (Lipinski definition) is 2. The molecule has 0 radical (unpaired) electrons. The number of nitrogens with zero attached hydrogens (tertiary/aromatic N) is 2. The van der Waals surface area contributed by atoms with Crippen LogP contribution < -0.4 is 10.6 Å². The summed E-state index contributed by atoms with van der Waals surface area (Å²) in [6, 6.07) is 6.81. The molecule has 0 saturated carbocycles. The van der Waals surface area contributed by atoms with E-state index in [1.54, 1.807) is 26.1 Å². The van der Waals surface area contributed by atoms with Gasteiger partial charge in [0.1, 0.15) is 17.8 Å². The Kier molecular flexibility index (Phi) is 7.13. The Morgan fingerprint density at radius 2 is 2.05 bits per heavy atom. The smallest absolute Gasteiger partial charge is 0.191 e. The number of nitrogens with one attached hydrogen (secondary N) is 2. The molecule has 7 heteroatoms. The highest BCUT2D eigenvalue weighted by atomic mass is 127. The summed E-state index contributed by atoms with van der Waals surface area (Å²) in [6.45, 7) is 2.84. The molecule has 0 aliphatic heterocycles. The van der Waals surface area contributed by atoms with Gasteiger partial charge in [-0.1, -0.05) is 17.3 Å². The fraction of sp³-hybridized carbons (Fsp3) is 0.286. The minimum absolute atomic E-state index is 0. The first-order valence-electron chi connectivity index (χ1n) is 6.28. The third-order valence-corrected chi connectivity index (χ3v) is 2.83. The molecule has 0 saturated heterocycles. The highest BCUT2D eigenvalue weighted by Crippen LogP contribution is 2.08. The quantitative estimate of drug-likeness (QED) is 0.467. The molecule has 0 unspecified atom stereocenters. The van der Waals surface area contributed by atoms with Crippen molar-refractivity contribution in [3.63, 3.8) is 0 Å². The van der Waals surface area contributed by atoms with Crippen LogP contribution in [0.5, 0.6) is 0 Å². The summed E-state index contributed by atoms with van der Waals surface area (Å²) in [5.41, 5.74) is 2.42. The molecule has 2 aromatic rings. The zero-order valence-electron chi connectivity index (χ0n) is 11.9. The molecule has 1 aromatic carbocycles. The number of guanidine groups is 1. The number of benzene rings is 1. The van der Waals surface area contributed by atoms with E-state index in [1.807, 2.05) is 6.07 Å². The monoisotopic (exact) mass is 404 g/mol. The van der Waals surface area contributed by atoms with Crippen LogP contribution in [0, 0.1) is 12.7 Å². The molecule has 0 aliphatic carbocycles. The maximum Gasteiger partial charge on any atom is 0.191 e. The van der Waals surface area contributed by atoms with Crippen molar-refractivity contribution in [2.45, 2.75) is 20.0 Å². The van der Waals surface area contributed by atoms with Crippen LogP contribution in [0.1, 0.15) is 16.8 Å². The molecule has 0 atom stereocenters. The van der Waals surface area contributed by atoms with E-state index in [0.29, 0.717) is 24.6 Å². The zero-order chi connectivity index (χ0) is 14.4. The van der Waals surface area contributed by atoms with Crippen LogP contribution in [0.4, 0.5) is 4.39 Å². The second-order valence-corrected chi connectivity index (χ2v) is 4.35. The summed E-state index contributed by atoms with van der Waals surface area (Å²) in [5.74, 6) is 0.456. The van der Waals surface area contributed by atoms with Crippen LogP contribution in [-0.2, 0) is 13.1 Å². The van der Waals surface area contributed by atoms with Gasteiger partial charge < -0.3 is 15.2 Å². The molecule has 5 nitrogen and oxygen atoms in total. The van der Waals surface area contributed by atoms with Crippen molar-refractivity contribution in [2.24, 2.45) is 4.99 Å². The number of hydrogen-bond acceptors (Lipinski definition) is 3. The van der Waals surface area contributed by atoms with E-state index < -0.39 is 0 Å². The highest BCUT2D eigenvalue weighted by molar-refractivity contribution is 14.0. The largest absolute Gasteiger partial charge is 0.364 e. The predicted molar refractivity (Wildman–Crippen MR) is 90.1 cm³/mol. The minimum Gasteiger partial charge on any atom is -0.364 e. The maximum atomic E-state index is 13.2. The first-order valence-corrected chi connectivity index (χ1v) is 6.28. The summed E-state index contributed by atoms with van der Waals surface area (Å²) in [5, 5.41) is 10.1. The Morgan fingerprint density at radius 3 is 2.67 bits per heavy atom. The molecule has 1 heterocycles. The van der Waals surface area contributed by atoms with Crippen molar-refractivity contribution >= 4 is 29.9 Å². The van der Waals surface area contributed by atoms with Crippen LogP contribution in [0.15, 0.2) is 40.0 Å². The average Bonchev–Trinajstić information content (AvgIpc) is 2.96. The lowest BCUT2D eigenvalue weighted by molar-refractivity contribution is 0.410. The molecule has 114 valence electrons. The maximum absolute atomic E-state index is 13.2. The lowest BCUT2D eigenvalue weighted by atomic mass is 10.1.